The van der Waals surface area contributed by atoms with Gasteiger partial charge in [0.25, 0.3) is 0 Å². The molecule has 2 heterocycles. The molecule has 0 atom stereocenters. The van der Waals surface area contributed by atoms with Crippen LogP contribution in [0.25, 0.3) is 0 Å². The molecule has 7 nitrogen and oxygen atoms in total. The molecule has 7 heteroatoms. The molecule has 0 radical (unpaired) electrons. The number of hydrogen-bond donors (Lipinski definition) is 1. The van der Waals surface area contributed by atoms with E-state index in [1.807, 2.05) is 12.1 Å². The molecule has 2 rings (SSSR count). The zero-order valence-corrected chi connectivity index (χ0v) is 11.2. The fourth-order valence-electron chi connectivity index (χ4n) is 1.83. The highest BCUT2D eigenvalue weighted by Gasteiger charge is 2.22. The Balaban J connectivity index is 2.15. The van der Waals surface area contributed by atoms with E-state index >= 15 is 0 Å². The molecule has 1 aromatic heterocycles. The molecule has 1 N–H and O–H groups in total. The van der Waals surface area contributed by atoms with E-state index in [2.05, 4.69) is 15.5 Å². The summed E-state index contributed by atoms with van der Waals surface area (Å²) in [6.07, 6.45) is 2.75. The Bertz CT molecular complexity index is 458. The van der Waals surface area contributed by atoms with Crippen molar-refractivity contribution in [3.8, 4) is 0 Å². The number of hydrogen-bond acceptors (Lipinski definition) is 6. The summed E-state index contributed by atoms with van der Waals surface area (Å²) in [4.78, 5) is 15.3. The van der Waals surface area contributed by atoms with Gasteiger partial charge in [-0.15, -0.1) is 0 Å². The summed E-state index contributed by atoms with van der Waals surface area (Å²) in [7, 11) is 0. The van der Waals surface area contributed by atoms with Crippen molar-refractivity contribution in [1.29, 1.82) is 0 Å². The quantitative estimate of drug-likeness (QED) is 0.660. The maximum Gasteiger partial charge on any atom is 0.427 e. The van der Waals surface area contributed by atoms with Gasteiger partial charge in [-0.3, -0.25) is 4.98 Å². The van der Waals surface area contributed by atoms with Gasteiger partial charge in [0, 0.05) is 18.0 Å². The Morgan fingerprint density at radius 2 is 2.15 bits per heavy atom. The molecule has 20 heavy (non-hydrogen) atoms. The van der Waals surface area contributed by atoms with Crippen LogP contribution in [0.5, 0.6) is 0 Å². The predicted molar refractivity (Wildman–Crippen MR) is 71.2 cm³/mol. The van der Waals surface area contributed by atoms with Gasteiger partial charge < -0.3 is 14.2 Å². The lowest BCUT2D eigenvalue weighted by Crippen LogP contribution is -2.33. The first kappa shape index (κ1) is 14.4. The zero-order valence-electron chi connectivity index (χ0n) is 11.2. The molecular weight excluding hydrogens is 262 g/mol. The minimum absolute atomic E-state index is 0.0481. The van der Waals surface area contributed by atoms with Crippen molar-refractivity contribution in [2.45, 2.75) is 6.92 Å². The third-order valence-corrected chi connectivity index (χ3v) is 2.71. The van der Waals surface area contributed by atoms with Crippen LogP contribution in [0.1, 0.15) is 12.5 Å². The number of nitrogens with zero attached hydrogens (tertiary/aromatic N) is 2. The summed E-state index contributed by atoms with van der Waals surface area (Å²) in [6.45, 7) is 3.29. The monoisotopic (exact) mass is 279 g/mol. The molecule has 0 bridgehead atoms. The van der Waals surface area contributed by atoms with Crippen molar-refractivity contribution in [2.24, 2.45) is 11.0 Å². The average molecular weight is 279 g/mol. The van der Waals surface area contributed by atoms with Gasteiger partial charge in [-0.05, 0) is 19.1 Å². The topological polar surface area (TPSA) is 82.0 Å². The Morgan fingerprint density at radius 3 is 2.80 bits per heavy atom. The molecule has 1 aliphatic rings. The molecule has 1 fully saturated rings. The Morgan fingerprint density at radius 1 is 1.45 bits per heavy atom. The summed E-state index contributed by atoms with van der Waals surface area (Å²) in [5.74, 6) is -0.0481. The first-order chi connectivity index (χ1) is 9.81. The number of pyridine rings is 1. The summed E-state index contributed by atoms with van der Waals surface area (Å²) < 4.78 is 15.3. The van der Waals surface area contributed by atoms with E-state index in [0.717, 1.165) is 5.56 Å². The number of hydrazone groups is 1. The van der Waals surface area contributed by atoms with E-state index in [4.69, 9.17) is 14.2 Å². The van der Waals surface area contributed by atoms with Crippen LogP contribution in [0.3, 0.4) is 0 Å². The zero-order chi connectivity index (χ0) is 14.2. The van der Waals surface area contributed by atoms with Crippen LogP contribution < -0.4 is 5.43 Å². The molecule has 108 valence electrons. The van der Waals surface area contributed by atoms with Gasteiger partial charge in [-0.25, -0.2) is 10.2 Å². The predicted octanol–water partition coefficient (Wildman–Crippen LogP) is 1.15. The summed E-state index contributed by atoms with van der Waals surface area (Å²) >= 11 is 0. The van der Waals surface area contributed by atoms with Crippen molar-refractivity contribution in [3.05, 3.63) is 30.1 Å². The molecule has 0 unspecified atom stereocenters. The van der Waals surface area contributed by atoms with Crippen LogP contribution in [0.4, 0.5) is 4.79 Å². The standard InChI is InChI=1S/C13H17N3O4/c1-2-20-13(17)16-15-12(10-3-5-14-6-4-10)11-7-18-9-19-8-11/h3-6,11H,2,7-9H2,1H3,(H,16,17). The summed E-state index contributed by atoms with van der Waals surface area (Å²) in [6, 6.07) is 3.64. The summed E-state index contributed by atoms with van der Waals surface area (Å²) in [5.41, 5.74) is 3.91. The number of rotatable bonds is 4. The van der Waals surface area contributed by atoms with Gasteiger partial charge in [-0.1, -0.05) is 0 Å². The van der Waals surface area contributed by atoms with E-state index in [1.165, 1.54) is 0 Å². The summed E-state index contributed by atoms with van der Waals surface area (Å²) in [5, 5.41) is 4.14. The fourth-order valence-corrected chi connectivity index (χ4v) is 1.83. The van der Waals surface area contributed by atoms with E-state index in [-0.39, 0.29) is 12.7 Å². The van der Waals surface area contributed by atoms with Crippen LogP contribution in [0.2, 0.25) is 0 Å². The molecule has 0 aliphatic carbocycles. The van der Waals surface area contributed by atoms with Crippen molar-refractivity contribution in [1.82, 2.24) is 10.4 Å². The van der Waals surface area contributed by atoms with Crippen LogP contribution in [-0.4, -0.2) is 43.4 Å². The van der Waals surface area contributed by atoms with Crippen molar-refractivity contribution in [2.75, 3.05) is 26.6 Å². The number of carbonyl (C=O) groups is 1. The first-order valence-electron chi connectivity index (χ1n) is 6.37. The highest BCUT2D eigenvalue weighted by Crippen LogP contribution is 2.14. The third-order valence-electron chi connectivity index (χ3n) is 2.71. The normalized spacial score (nSPS) is 16.8. The minimum atomic E-state index is -0.586. The van der Waals surface area contributed by atoms with Crippen molar-refractivity contribution < 1.29 is 19.0 Å². The SMILES string of the molecule is CCOC(=O)NN=C(c1ccncc1)C1COCOC1. The van der Waals surface area contributed by atoms with E-state index in [1.54, 1.807) is 19.3 Å². The molecule has 1 amide bonds. The van der Waals surface area contributed by atoms with Gasteiger partial charge in [0.05, 0.1) is 31.5 Å². The highest BCUT2D eigenvalue weighted by atomic mass is 16.7. The van der Waals surface area contributed by atoms with E-state index in [0.29, 0.717) is 25.5 Å². The number of aromatic nitrogens is 1. The minimum Gasteiger partial charge on any atom is -0.449 e. The molecule has 0 aromatic carbocycles. The second-order valence-corrected chi connectivity index (χ2v) is 4.12. The van der Waals surface area contributed by atoms with Gasteiger partial charge in [0.2, 0.25) is 0 Å². The second-order valence-electron chi connectivity index (χ2n) is 4.12. The number of amides is 1. The molecule has 0 saturated carbocycles. The Labute approximate surface area is 116 Å². The fraction of sp³-hybridized carbons (Fsp3) is 0.462. The molecular formula is C13H17N3O4. The maximum absolute atomic E-state index is 11.3. The van der Waals surface area contributed by atoms with Crippen LogP contribution >= 0.6 is 0 Å². The van der Waals surface area contributed by atoms with Crippen LogP contribution in [-0.2, 0) is 14.2 Å². The largest absolute Gasteiger partial charge is 0.449 e. The van der Waals surface area contributed by atoms with Gasteiger partial charge in [0.1, 0.15) is 6.79 Å². The Hall–Kier alpha value is -1.99. The molecule has 1 saturated heterocycles. The number of carbonyl (C=O) groups excluding carboxylic acids is 1. The lowest BCUT2D eigenvalue weighted by atomic mass is 9.98. The first-order valence-corrected chi connectivity index (χ1v) is 6.37. The second kappa shape index (κ2) is 7.56. The van der Waals surface area contributed by atoms with E-state index in [9.17, 15) is 4.79 Å². The lowest BCUT2D eigenvalue weighted by Gasteiger charge is -2.23. The molecule has 0 spiro atoms. The maximum atomic E-state index is 11.3. The average Bonchev–Trinajstić information content (AvgIpc) is 2.50. The molecule has 1 aliphatic heterocycles. The van der Waals surface area contributed by atoms with Crippen molar-refractivity contribution >= 4 is 11.8 Å². The smallest absolute Gasteiger partial charge is 0.427 e. The van der Waals surface area contributed by atoms with Crippen LogP contribution in [0.15, 0.2) is 29.6 Å². The number of nitrogens with one attached hydrogen (secondary N) is 1. The van der Waals surface area contributed by atoms with Gasteiger partial charge >= 0.3 is 6.09 Å². The highest BCUT2D eigenvalue weighted by molar-refractivity contribution is 6.02. The van der Waals surface area contributed by atoms with Gasteiger partial charge in [-0.2, -0.15) is 5.10 Å². The number of ether oxygens (including phenoxy) is 3. The third kappa shape index (κ3) is 4.01. The van der Waals surface area contributed by atoms with E-state index < -0.39 is 6.09 Å². The molecule has 1 aromatic rings. The van der Waals surface area contributed by atoms with Crippen molar-refractivity contribution in [3.63, 3.8) is 0 Å². The van der Waals surface area contributed by atoms with Gasteiger partial charge in [0.15, 0.2) is 0 Å². The van der Waals surface area contributed by atoms with Crippen LogP contribution in [0, 0.1) is 5.92 Å². The Kier molecular flexibility index (Phi) is 5.45. The lowest BCUT2D eigenvalue weighted by molar-refractivity contribution is -0.111.